The monoisotopic (exact) mass is 362 g/mol. The highest BCUT2D eigenvalue weighted by atomic mass is 32.1. The lowest BCUT2D eigenvalue weighted by Gasteiger charge is -2.16. The van der Waals surface area contributed by atoms with Gasteiger partial charge in [0, 0.05) is 6.04 Å². The van der Waals surface area contributed by atoms with E-state index in [0.29, 0.717) is 17.3 Å². The topological polar surface area (TPSA) is 81.4 Å². The van der Waals surface area contributed by atoms with Crippen LogP contribution < -0.4 is 5.32 Å². The van der Waals surface area contributed by atoms with E-state index in [1.165, 1.54) is 11.3 Å². The number of carbonyl (C=O) groups is 2. The second kappa shape index (κ2) is 7.82. The smallest absolute Gasteiger partial charge is 0.312 e. The first-order valence-electron chi connectivity index (χ1n) is 8.53. The number of thiophene rings is 1. The van der Waals surface area contributed by atoms with E-state index in [4.69, 9.17) is 9.15 Å². The average Bonchev–Trinajstić information content (AvgIpc) is 3.30. The summed E-state index contributed by atoms with van der Waals surface area (Å²) in [4.78, 5) is 29.5. The van der Waals surface area contributed by atoms with Gasteiger partial charge in [-0.2, -0.15) is 0 Å². The molecule has 1 saturated carbocycles. The second-order valence-electron chi connectivity index (χ2n) is 6.30. The molecule has 2 heterocycles. The van der Waals surface area contributed by atoms with Crippen molar-refractivity contribution < 1.29 is 18.7 Å². The van der Waals surface area contributed by atoms with E-state index < -0.39 is 12.1 Å². The Hall–Kier alpha value is -2.15. The fourth-order valence-corrected chi connectivity index (χ4v) is 3.56. The van der Waals surface area contributed by atoms with E-state index in [1.54, 1.807) is 13.8 Å². The number of nitrogens with zero attached hydrogens (tertiary/aromatic N) is 1. The maximum Gasteiger partial charge on any atom is 0.312 e. The molecule has 2 aromatic heterocycles. The lowest BCUT2D eigenvalue weighted by atomic mass is 10.2. The molecule has 1 amide bonds. The Bertz CT molecular complexity index is 732. The maximum absolute atomic E-state index is 12.1. The van der Waals surface area contributed by atoms with Gasteiger partial charge in [-0.25, -0.2) is 4.98 Å². The van der Waals surface area contributed by atoms with Crippen molar-refractivity contribution in [2.45, 2.75) is 58.1 Å². The molecule has 1 unspecified atom stereocenters. The Morgan fingerprint density at radius 3 is 2.88 bits per heavy atom. The van der Waals surface area contributed by atoms with Crippen molar-refractivity contribution in [3.8, 4) is 10.8 Å². The largest absolute Gasteiger partial charge is 0.452 e. The van der Waals surface area contributed by atoms with Crippen LogP contribution in [0.3, 0.4) is 0 Å². The van der Waals surface area contributed by atoms with Crippen LogP contribution in [0.25, 0.3) is 10.8 Å². The fraction of sp³-hybridized carbons (Fsp3) is 0.500. The lowest BCUT2D eigenvalue weighted by molar-refractivity contribution is -0.154. The molecule has 1 N–H and O–H groups in total. The molecule has 6 nitrogen and oxygen atoms in total. The number of carbonyl (C=O) groups excluding carboxylic acids is 2. The molecule has 1 aliphatic carbocycles. The molecule has 0 saturated heterocycles. The van der Waals surface area contributed by atoms with Crippen LogP contribution in [0.2, 0.25) is 0 Å². The van der Waals surface area contributed by atoms with Crippen LogP contribution in [0.5, 0.6) is 0 Å². The first-order valence-corrected chi connectivity index (χ1v) is 9.41. The molecular weight excluding hydrogens is 340 g/mol. The summed E-state index contributed by atoms with van der Waals surface area (Å²) in [7, 11) is 0. The van der Waals surface area contributed by atoms with Crippen molar-refractivity contribution in [1.82, 2.24) is 10.3 Å². The molecule has 0 aromatic carbocycles. The Labute approximate surface area is 150 Å². The third-order valence-corrected chi connectivity index (χ3v) is 5.17. The number of oxazole rings is 1. The van der Waals surface area contributed by atoms with Gasteiger partial charge in [0.15, 0.2) is 6.10 Å². The van der Waals surface area contributed by atoms with E-state index in [-0.39, 0.29) is 18.4 Å². The molecule has 0 spiro atoms. The minimum atomic E-state index is -0.808. The normalized spacial score (nSPS) is 15.9. The van der Waals surface area contributed by atoms with Gasteiger partial charge in [0.05, 0.1) is 17.0 Å². The Kier molecular flexibility index (Phi) is 5.53. The van der Waals surface area contributed by atoms with Gasteiger partial charge in [0.1, 0.15) is 5.76 Å². The van der Waals surface area contributed by atoms with Crippen LogP contribution in [0.15, 0.2) is 21.9 Å². The van der Waals surface area contributed by atoms with Crippen molar-refractivity contribution in [3.05, 3.63) is 29.0 Å². The Balaban J connectivity index is 1.54. The Morgan fingerprint density at radius 2 is 2.20 bits per heavy atom. The maximum atomic E-state index is 12.1. The highest BCUT2D eigenvalue weighted by molar-refractivity contribution is 7.13. The molecule has 1 fully saturated rings. The van der Waals surface area contributed by atoms with E-state index >= 15 is 0 Å². The number of esters is 1. The van der Waals surface area contributed by atoms with Crippen LogP contribution >= 0.6 is 11.3 Å². The molecule has 0 bridgehead atoms. The van der Waals surface area contributed by atoms with Crippen molar-refractivity contribution in [3.63, 3.8) is 0 Å². The molecule has 1 aliphatic rings. The summed E-state index contributed by atoms with van der Waals surface area (Å²) < 4.78 is 10.9. The zero-order valence-electron chi connectivity index (χ0n) is 14.4. The predicted molar refractivity (Wildman–Crippen MR) is 94.2 cm³/mol. The van der Waals surface area contributed by atoms with Gasteiger partial charge in [0.2, 0.25) is 5.89 Å². The predicted octanol–water partition coefficient (Wildman–Crippen LogP) is 3.24. The highest BCUT2D eigenvalue weighted by Crippen LogP contribution is 2.26. The number of ether oxygens (including phenoxy) is 1. The molecule has 0 aliphatic heterocycles. The van der Waals surface area contributed by atoms with E-state index in [1.807, 2.05) is 17.5 Å². The molecule has 2 aromatic rings. The van der Waals surface area contributed by atoms with Gasteiger partial charge in [-0.05, 0) is 38.1 Å². The lowest BCUT2D eigenvalue weighted by Crippen LogP contribution is -2.41. The van der Waals surface area contributed by atoms with Crippen LogP contribution in [0.1, 0.15) is 44.1 Å². The Morgan fingerprint density at radius 1 is 1.44 bits per heavy atom. The van der Waals surface area contributed by atoms with Gasteiger partial charge in [-0.1, -0.05) is 18.9 Å². The molecule has 134 valence electrons. The standard InChI is InChI=1S/C18H22N2O4S/c1-11-14(20-18(24-11)15-8-5-9-25-15)10-16(21)23-12(2)17(22)19-13-6-3-4-7-13/h5,8-9,12-13H,3-4,6-7,10H2,1-2H3,(H,19,22). The highest BCUT2D eigenvalue weighted by Gasteiger charge is 2.24. The zero-order valence-corrected chi connectivity index (χ0v) is 15.2. The first kappa shape index (κ1) is 17.7. The number of aryl methyl sites for hydroxylation is 1. The third kappa shape index (κ3) is 4.48. The van der Waals surface area contributed by atoms with E-state index in [2.05, 4.69) is 10.3 Å². The summed E-state index contributed by atoms with van der Waals surface area (Å²) >= 11 is 1.52. The number of hydrogen-bond acceptors (Lipinski definition) is 6. The second-order valence-corrected chi connectivity index (χ2v) is 7.25. The fourth-order valence-electron chi connectivity index (χ4n) is 2.92. The van der Waals surface area contributed by atoms with Gasteiger partial charge < -0.3 is 14.5 Å². The zero-order chi connectivity index (χ0) is 17.8. The van der Waals surface area contributed by atoms with Crippen molar-refractivity contribution in [2.24, 2.45) is 0 Å². The van der Waals surface area contributed by atoms with E-state index in [9.17, 15) is 9.59 Å². The van der Waals surface area contributed by atoms with Crippen LogP contribution in [-0.2, 0) is 20.7 Å². The minimum Gasteiger partial charge on any atom is -0.452 e. The van der Waals surface area contributed by atoms with Crippen molar-refractivity contribution in [2.75, 3.05) is 0 Å². The summed E-state index contributed by atoms with van der Waals surface area (Å²) in [5.74, 6) is 0.366. The SMILES string of the molecule is Cc1oc(-c2cccs2)nc1CC(=O)OC(C)C(=O)NC1CCCC1. The number of hydrogen-bond donors (Lipinski definition) is 1. The van der Waals surface area contributed by atoms with Gasteiger partial charge in [-0.15, -0.1) is 11.3 Å². The number of rotatable bonds is 6. The number of aromatic nitrogens is 1. The molecule has 1 atom stereocenters. The van der Waals surface area contributed by atoms with E-state index in [0.717, 1.165) is 30.6 Å². The summed E-state index contributed by atoms with van der Waals surface area (Å²) in [5.41, 5.74) is 0.539. The first-order chi connectivity index (χ1) is 12.0. The molecule has 7 heteroatoms. The van der Waals surface area contributed by atoms with Gasteiger partial charge >= 0.3 is 5.97 Å². The summed E-state index contributed by atoms with van der Waals surface area (Å²) in [6, 6.07) is 4.03. The summed E-state index contributed by atoms with van der Waals surface area (Å²) in [6.07, 6.45) is 3.44. The van der Waals surface area contributed by atoms with Crippen LogP contribution in [-0.4, -0.2) is 29.0 Å². The molecule has 0 radical (unpaired) electrons. The number of amides is 1. The van der Waals surface area contributed by atoms with Crippen LogP contribution in [0, 0.1) is 6.92 Å². The molecule has 3 rings (SSSR count). The van der Waals surface area contributed by atoms with Gasteiger partial charge in [0.25, 0.3) is 5.91 Å². The summed E-state index contributed by atoms with van der Waals surface area (Å²) in [5, 5.41) is 4.87. The van der Waals surface area contributed by atoms with Crippen LogP contribution in [0.4, 0.5) is 0 Å². The summed E-state index contributed by atoms with van der Waals surface area (Å²) in [6.45, 7) is 3.36. The third-order valence-electron chi connectivity index (χ3n) is 4.32. The quantitative estimate of drug-likeness (QED) is 0.798. The van der Waals surface area contributed by atoms with Gasteiger partial charge in [-0.3, -0.25) is 9.59 Å². The molecule has 25 heavy (non-hydrogen) atoms. The number of nitrogens with one attached hydrogen (secondary N) is 1. The van der Waals surface area contributed by atoms with Crippen molar-refractivity contribution >= 4 is 23.2 Å². The molecular formula is C18H22N2O4S. The average molecular weight is 362 g/mol. The minimum absolute atomic E-state index is 0.0121. The van der Waals surface area contributed by atoms with Crippen molar-refractivity contribution in [1.29, 1.82) is 0 Å².